The molecular weight excluding hydrogens is 284 g/mol. The molecule has 116 valence electrons. The van der Waals surface area contributed by atoms with Crippen LogP contribution in [0.2, 0.25) is 0 Å². The lowest BCUT2D eigenvalue weighted by atomic mass is 9.83. The molecule has 0 spiro atoms. The summed E-state index contributed by atoms with van der Waals surface area (Å²) in [4.78, 5) is 24.8. The summed E-state index contributed by atoms with van der Waals surface area (Å²) >= 11 is 1.92. The number of carbonyl (C=O) groups is 1. The van der Waals surface area contributed by atoms with E-state index in [1.54, 1.807) is 0 Å². The molecule has 3 nitrogen and oxygen atoms in total. The van der Waals surface area contributed by atoms with Crippen LogP contribution >= 0.6 is 11.8 Å². The number of thioether (sulfide) groups is 1. The molecule has 0 aromatic carbocycles. The number of carbonyl (C=O) groups excluding carboxylic acids is 1. The van der Waals surface area contributed by atoms with E-state index in [4.69, 9.17) is 4.42 Å². The van der Waals surface area contributed by atoms with Crippen molar-refractivity contribution in [1.29, 1.82) is 0 Å². The van der Waals surface area contributed by atoms with E-state index in [0.717, 1.165) is 18.6 Å². The highest BCUT2D eigenvalue weighted by atomic mass is 32.2. The van der Waals surface area contributed by atoms with Gasteiger partial charge in [-0.25, -0.2) is 0 Å². The zero-order chi connectivity index (χ0) is 15.6. The van der Waals surface area contributed by atoms with Gasteiger partial charge in [-0.2, -0.15) is 11.8 Å². The van der Waals surface area contributed by atoms with Crippen molar-refractivity contribution in [3.63, 3.8) is 0 Å². The number of hydrogen-bond donors (Lipinski definition) is 0. The van der Waals surface area contributed by atoms with Gasteiger partial charge >= 0.3 is 0 Å². The monoisotopic (exact) mass is 308 g/mol. The summed E-state index contributed by atoms with van der Waals surface area (Å²) in [6.45, 7) is 8.10. The minimum Gasteiger partial charge on any atom is -0.465 e. The summed E-state index contributed by atoms with van der Waals surface area (Å²) in [5.41, 5.74) is 0.871. The highest BCUT2D eigenvalue weighted by Crippen LogP contribution is 2.30. The van der Waals surface area contributed by atoms with E-state index in [9.17, 15) is 9.59 Å². The number of fused-ring (bicyclic) bond motifs is 1. The SMILES string of the molecule is CCSC(C)CC1CC(=O)c2c(oc(C)c(CC)c2=O)C1. The molecule has 1 aliphatic rings. The summed E-state index contributed by atoms with van der Waals surface area (Å²) in [5.74, 6) is 2.65. The van der Waals surface area contributed by atoms with Crippen LogP contribution in [0.4, 0.5) is 0 Å². The molecular formula is C17H24O3S. The van der Waals surface area contributed by atoms with Gasteiger partial charge in [0.25, 0.3) is 0 Å². The molecule has 0 saturated heterocycles. The van der Waals surface area contributed by atoms with Crippen molar-refractivity contribution in [3.05, 3.63) is 32.9 Å². The summed E-state index contributed by atoms with van der Waals surface area (Å²) in [6, 6.07) is 0. The Morgan fingerprint density at radius 3 is 2.62 bits per heavy atom. The number of aryl methyl sites for hydroxylation is 1. The van der Waals surface area contributed by atoms with Gasteiger partial charge in [-0.1, -0.05) is 20.8 Å². The number of Topliss-reactive ketones (excluding diaryl/α,β-unsaturated/α-hetero) is 1. The predicted molar refractivity (Wildman–Crippen MR) is 87.4 cm³/mol. The molecule has 0 aliphatic heterocycles. The topological polar surface area (TPSA) is 47.3 Å². The molecule has 1 aliphatic carbocycles. The van der Waals surface area contributed by atoms with Gasteiger partial charge in [0.05, 0.1) is 0 Å². The summed E-state index contributed by atoms with van der Waals surface area (Å²) in [6.07, 6.45) is 2.82. The average Bonchev–Trinajstić information content (AvgIpc) is 2.38. The predicted octanol–water partition coefficient (Wildman–Crippen LogP) is 3.79. The van der Waals surface area contributed by atoms with Crippen LogP contribution in [-0.4, -0.2) is 16.8 Å². The third-order valence-electron chi connectivity index (χ3n) is 4.18. The quantitative estimate of drug-likeness (QED) is 0.830. The van der Waals surface area contributed by atoms with Crippen molar-refractivity contribution in [2.45, 2.75) is 58.6 Å². The number of rotatable bonds is 5. The van der Waals surface area contributed by atoms with Crippen LogP contribution in [0, 0.1) is 12.8 Å². The molecule has 0 saturated carbocycles. The van der Waals surface area contributed by atoms with Crippen molar-refractivity contribution in [1.82, 2.24) is 0 Å². The van der Waals surface area contributed by atoms with Gasteiger partial charge in [-0.15, -0.1) is 0 Å². The minimum absolute atomic E-state index is 0.0293. The zero-order valence-corrected chi connectivity index (χ0v) is 14.1. The Labute approximate surface area is 130 Å². The van der Waals surface area contributed by atoms with Crippen LogP contribution in [0.15, 0.2) is 9.21 Å². The lowest BCUT2D eigenvalue weighted by Gasteiger charge is -2.25. The minimum atomic E-state index is -0.101. The van der Waals surface area contributed by atoms with Gasteiger partial charge in [0, 0.05) is 23.7 Å². The highest BCUT2D eigenvalue weighted by molar-refractivity contribution is 7.99. The molecule has 2 unspecified atom stereocenters. The van der Waals surface area contributed by atoms with Gasteiger partial charge in [-0.05, 0) is 31.4 Å². The van der Waals surface area contributed by atoms with E-state index in [1.165, 1.54) is 0 Å². The van der Waals surface area contributed by atoms with Crippen LogP contribution in [0.5, 0.6) is 0 Å². The Morgan fingerprint density at radius 2 is 2.00 bits per heavy atom. The molecule has 0 N–H and O–H groups in total. The first-order valence-electron chi connectivity index (χ1n) is 7.78. The molecule has 4 heteroatoms. The van der Waals surface area contributed by atoms with Gasteiger partial charge in [0.2, 0.25) is 0 Å². The molecule has 1 heterocycles. The maximum absolute atomic E-state index is 12.4. The Hall–Kier alpha value is -1.03. The Balaban J connectivity index is 2.29. The van der Waals surface area contributed by atoms with Gasteiger partial charge in [-0.3, -0.25) is 9.59 Å². The van der Waals surface area contributed by atoms with E-state index in [2.05, 4.69) is 13.8 Å². The lowest BCUT2D eigenvalue weighted by molar-refractivity contribution is 0.0935. The second kappa shape index (κ2) is 6.82. The smallest absolute Gasteiger partial charge is 0.199 e. The fourth-order valence-corrected chi connectivity index (χ4v) is 4.23. The maximum atomic E-state index is 12.4. The molecule has 2 rings (SSSR count). The Kier molecular flexibility index (Phi) is 5.31. The standard InChI is InChI=1S/C17H24O3S/c1-5-13-11(4)20-15-9-12(7-10(3)21-6-2)8-14(18)16(15)17(13)19/h10,12H,5-9H2,1-4H3. The first kappa shape index (κ1) is 16.3. The van der Waals surface area contributed by atoms with Gasteiger partial charge in [0.1, 0.15) is 17.1 Å². The highest BCUT2D eigenvalue weighted by Gasteiger charge is 2.31. The first-order chi connectivity index (χ1) is 9.97. The molecule has 1 aromatic heterocycles. The van der Waals surface area contributed by atoms with Crippen molar-refractivity contribution in [2.75, 3.05) is 5.75 Å². The summed E-state index contributed by atoms with van der Waals surface area (Å²) in [7, 11) is 0. The first-order valence-corrected chi connectivity index (χ1v) is 8.82. The Bertz CT molecular complexity index is 588. The summed E-state index contributed by atoms with van der Waals surface area (Å²) in [5, 5.41) is 0.539. The largest absolute Gasteiger partial charge is 0.465 e. The molecule has 1 aromatic rings. The number of hydrogen-bond acceptors (Lipinski definition) is 4. The van der Waals surface area contributed by atoms with Crippen molar-refractivity contribution in [3.8, 4) is 0 Å². The van der Waals surface area contributed by atoms with Crippen LogP contribution in [0.1, 0.15) is 61.1 Å². The van der Waals surface area contributed by atoms with Crippen molar-refractivity contribution < 1.29 is 9.21 Å². The van der Waals surface area contributed by atoms with Crippen LogP contribution in [-0.2, 0) is 12.8 Å². The van der Waals surface area contributed by atoms with Crippen LogP contribution in [0.3, 0.4) is 0 Å². The summed E-state index contributed by atoms with van der Waals surface area (Å²) < 4.78 is 5.82. The van der Waals surface area contributed by atoms with Crippen LogP contribution in [0.25, 0.3) is 0 Å². The molecule has 21 heavy (non-hydrogen) atoms. The van der Waals surface area contributed by atoms with E-state index in [1.807, 2.05) is 25.6 Å². The lowest BCUT2D eigenvalue weighted by Crippen LogP contribution is -2.30. The van der Waals surface area contributed by atoms with E-state index >= 15 is 0 Å². The third kappa shape index (κ3) is 3.42. The molecule has 0 amide bonds. The van der Waals surface area contributed by atoms with Gasteiger partial charge < -0.3 is 4.42 Å². The maximum Gasteiger partial charge on any atom is 0.199 e. The third-order valence-corrected chi connectivity index (χ3v) is 5.27. The Morgan fingerprint density at radius 1 is 1.29 bits per heavy atom. The zero-order valence-electron chi connectivity index (χ0n) is 13.3. The van der Waals surface area contributed by atoms with E-state index < -0.39 is 0 Å². The molecule has 0 fully saturated rings. The molecule has 2 atom stereocenters. The molecule has 0 radical (unpaired) electrons. The normalized spacial score (nSPS) is 19.4. The van der Waals surface area contributed by atoms with E-state index in [0.29, 0.717) is 46.7 Å². The average molecular weight is 308 g/mol. The fraction of sp³-hybridized carbons (Fsp3) is 0.647. The van der Waals surface area contributed by atoms with Crippen molar-refractivity contribution in [2.24, 2.45) is 5.92 Å². The fourth-order valence-electron chi connectivity index (χ4n) is 3.26. The number of ketones is 1. The van der Waals surface area contributed by atoms with E-state index in [-0.39, 0.29) is 11.2 Å². The molecule has 0 bridgehead atoms. The van der Waals surface area contributed by atoms with Crippen molar-refractivity contribution >= 4 is 17.5 Å². The second-order valence-electron chi connectivity index (χ2n) is 5.82. The van der Waals surface area contributed by atoms with Crippen LogP contribution < -0.4 is 5.43 Å². The van der Waals surface area contributed by atoms with Gasteiger partial charge in [0.15, 0.2) is 11.2 Å². The second-order valence-corrected chi connectivity index (χ2v) is 7.53.